The number of aromatic amines is 1. The average molecular weight is 362 g/mol. The maximum atomic E-state index is 12.1. The standard InChI is InChI=1S/C18H30N6O2/c1-18(2,9-16(25)22-7-5-14(20-4)11-19-3)10-17(26)23-8-6-15-12-21-13-24-15/h11-13,20H,3,5-10H2,1-2,4H3,(H,21,24)(H,22,25)(H,23,26)/b14-11-. The van der Waals surface area contributed by atoms with Crippen LogP contribution in [0.2, 0.25) is 0 Å². The fourth-order valence-electron chi connectivity index (χ4n) is 2.52. The maximum absolute atomic E-state index is 12.1. The summed E-state index contributed by atoms with van der Waals surface area (Å²) in [6, 6.07) is 0. The van der Waals surface area contributed by atoms with Gasteiger partial charge >= 0.3 is 0 Å². The van der Waals surface area contributed by atoms with Crippen LogP contribution in [0.4, 0.5) is 0 Å². The van der Waals surface area contributed by atoms with Crippen LogP contribution in [0.25, 0.3) is 0 Å². The summed E-state index contributed by atoms with van der Waals surface area (Å²) < 4.78 is 0. The van der Waals surface area contributed by atoms with E-state index in [1.54, 1.807) is 25.8 Å². The number of nitrogens with zero attached hydrogens (tertiary/aromatic N) is 2. The van der Waals surface area contributed by atoms with Crippen LogP contribution < -0.4 is 16.0 Å². The van der Waals surface area contributed by atoms with Gasteiger partial charge in [0.1, 0.15) is 0 Å². The van der Waals surface area contributed by atoms with Gasteiger partial charge < -0.3 is 20.9 Å². The molecule has 8 nitrogen and oxygen atoms in total. The van der Waals surface area contributed by atoms with E-state index in [-0.39, 0.29) is 11.8 Å². The number of amides is 2. The number of nitrogens with one attached hydrogen (secondary N) is 4. The quantitative estimate of drug-likeness (QED) is 0.418. The maximum Gasteiger partial charge on any atom is 0.220 e. The number of carbonyl (C=O) groups excluding carboxylic acids is 2. The van der Waals surface area contributed by atoms with Crippen molar-refractivity contribution >= 4 is 18.5 Å². The van der Waals surface area contributed by atoms with Gasteiger partial charge in [0, 0.05) is 69.6 Å². The average Bonchev–Trinajstić information content (AvgIpc) is 3.06. The van der Waals surface area contributed by atoms with Gasteiger partial charge in [-0.1, -0.05) is 13.8 Å². The van der Waals surface area contributed by atoms with Crippen LogP contribution in [0.3, 0.4) is 0 Å². The summed E-state index contributed by atoms with van der Waals surface area (Å²) in [7, 11) is 1.80. The molecule has 0 saturated carbocycles. The summed E-state index contributed by atoms with van der Waals surface area (Å²) in [6.45, 7) is 8.29. The molecule has 4 N–H and O–H groups in total. The first-order valence-electron chi connectivity index (χ1n) is 8.69. The highest BCUT2D eigenvalue weighted by Crippen LogP contribution is 2.24. The summed E-state index contributed by atoms with van der Waals surface area (Å²) >= 11 is 0. The molecule has 144 valence electrons. The van der Waals surface area contributed by atoms with E-state index >= 15 is 0 Å². The minimum absolute atomic E-state index is 0.0558. The third kappa shape index (κ3) is 9.00. The number of H-pyrrole nitrogens is 1. The van der Waals surface area contributed by atoms with E-state index in [1.165, 1.54) is 0 Å². The first-order valence-corrected chi connectivity index (χ1v) is 8.69. The van der Waals surface area contributed by atoms with E-state index in [1.807, 2.05) is 13.8 Å². The molecule has 0 bridgehead atoms. The Morgan fingerprint density at radius 2 is 1.92 bits per heavy atom. The Balaban J connectivity index is 2.28. The van der Waals surface area contributed by atoms with Gasteiger partial charge in [0.05, 0.1) is 6.33 Å². The van der Waals surface area contributed by atoms with Gasteiger partial charge in [0.25, 0.3) is 0 Å². The highest BCUT2D eigenvalue weighted by atomic mass is 16.2. The summed E-state index contributed by atoms with van der Waals surface area (Å²) in [5.74, 6) is -0.123. The van der Waals surface area contributed by atoms with Crippen molar-refractivity contribution < 1.29 is 9.59 Å². The summed E-state index contributed by atoms with van der Waals surface area (Å²) in [4.78, 5) is 34.8. The SMILES string of the molecule is C=N/C=C(/CCNC(=O)CC(C)(C)CC(=O)NCCc1cnc[nH]1)NC. The molecule has 0 atom stereocenters. The highest BCUT2D eigenvalue weighted by Gasteiger charge is 2.25. The molecule has 0 aliphatic heterocycles. The first-order chi connectivity index (χ1) is 12.4. The lowest BCUT2D eigenvalue weighted by Crippen LogP contribution is -2.34. The highest BCUT2D eigenvalue weighted by molar-refractivity contribution is 5.80. The molecule has 0 unspecified atom stereocenters. The third-order valence-electron chi connectivity index (χ3n) is 3.83. The van der Waals surface area contributed by atoms with E-state index < -0.39 is 5.41 Å². The number of imidazole rings is 1. The van der Waals surface area contributed by atoms with Gasteiger partial charge in [-0.25, -0.2) is 4.98 Å². The van der Waals surface area contributed by atoms with Crippen molar-refractivity contribution in [3.8, 4) is 0 Å². The third-order valence-corrected chi connectivity index (χ3v) is 3.83. The van der Waals surface area contributed by atoms with E-state index in [4.69, 9.17) is 0 Å². The monoisotopic (exact) mass is 362 g/mol. The van der Waals surface area contributed by atoms with Crippen molar-refractivity contribution in [1.82, 2.24) is 25.9 Å². The van der Waals surface area contributed by atoms with Crippen LogP contribution in [0.5, 0.6) is 0 Å². The summed E-state index contributed by atoms with van der Waals surface area (Å²) in [6.07, 6.45) is 6.92. The molecule has 0 saturated heterocycles. The summed E-state index contributed by atoms with van der Waals surface area (Å²) in [5.41, 5.74) is 1.47. The lowest BCUT2D eigenvalue weighted by atomic mass is 9.85. The zero-order chi connectivity index (χ0) is 19.4. The number of hydrogen-bond acceptors (Lipinski definition) is 5. The molecule has 1 heterocycles. The Bertz CT molecular complexity index is 607. The number of rotatable bonds is 12. The van der Waals surface area contributed by atoms with Gasteiger partial charge in [-0.3, -0.25) is 14.6 Å². The van der Waals surface area contributed by atoms with Crippen LogP contribution in [-0.4, -0.2) is 48.6 Å². The molecule has 26 heavy (non-hydrogen) atoms. The van der Waals surface area contributed by atoms with Crippen molar-refractivity contribution in [2.24, 2.45) is 10.4 Å². The van der Waals surface area contributed by atoms with Crippen LogP contribution >= 0.6 is 0 Å². The Morgan fingerprint density at radius 3 is 2.46 bits per heavy atom. The smallest absolute Gasteiger partial charge is 0.220 e. The molecule has 0 aliphatic rings. The van der Waals surface area contributed by atoms with Crippen molar-refractivity contribution in [3.05, 3.63) is 30.1 Å². The molecule has 2 amide bonds. The van der Waals surface area contributed by atoms with Crippen LogP contribution in [0.15, 0.2) is 29.4 Å². The fourth-order valence-corrected chi connectivity index (χ4v) is 2.52. The Labute approximate surface area is 155 Å². The van der Waals surface area contributed by atoms with Crippen molar-refractivity contribution in [1.29, 1.82) is 0 Å². The number of aliphatic imine (C=N–C) groups is 1. The molecular formula is C18H30N6O2. The van der Waals surface area contributed by atoms with Gasteiger partial charge in [0.15, 0.2) is 0 Å². The van der Waals surface area contributed by atoms with Gasteiger partial charge in [-0.05, 0) is 12.1 Å². The molecule has 1 rings (SSSR count). The molecular weight excluding hydrogens is 332 g/mol. The number of carbonyl (C=O) groups is 2. The van der Waals surface area contributed by atoms with Crippen molar-refractivity contribution in [2.45, 2.75) is 39.5 Å². The van der Waals surface area contributed by atoms with Crippen molar-refractivity contribution in [3.63, 3.8) is 0 Å². The second-order valence-electron chi connectivity index (χ2n) is 6.88. The number of hydrogen-bond donors (Lipinski definition) is 4. The zero-order valence-electron chi connectivity index (χ0n) is 15.9. The van der Waals surface area contributed by atoms with E-state index in [0.29, 0.717) is 38.8 Å². The molecule has 0 aromatic carbocycles. The van der Waals surface area contributed by atoms with Gasteiger partial charge in [-0.15, -0.1) is 0 Å². The Morgan fingerprint density at radius 1 is 1.27 bits per heavy atom. The topological polar surface area (TPSA) is 111 Å². The molecule has 0 spiro atoms. The van der Waals surface area contributed by atoms with Gasteiger partial charge in [0.2, 0.25) is 11.8 Å². The molecule has 1 aromatic rings. The fraction of sp³-hybridized carbons (Fsp3) is 0.556. The predicted octanol–water partition coefficient (Wildman–Crippen LogP) is 1.14. The van der Waals surface area contributed by atoms with Crippen molar-refractivity contribution in [2.75, 3.05) is 20.1 Å². The zero-order valence-corrected chi connectivity index (χ0v) is 15.9. The molecule has 0 fully saturated rings. The van der Waals surface area contributed by atoms with E-state index in [9.17, 15) is 9.59 Å². The lowest BCUT2D eigenvalue weighted by molar-refractivity contribution is -0.125. The normalized spacial score (nSPS) is 11.7. The Kier molecular flexibility index (Phi) is 9.11. The van der Waals surface area contributed by atoms with Gasteiger partial charge in [-0.2, -0.15) is 0 Å². The largest absolute Gasteiger partial charge is 0.390 e. The molecule has 0 aliphatic carbocycles. The van der Waals surface area contributed by atoms with Crippen LogP contribution in [0.1, 0.15) is 38.8 Å². The lowest BCUT2D eigenvalue weighted by Gasteiger charge is -2.23. The van der Waals surface area contributed by atoms with E-state index in [0.717, 1.165) is 11.4 Å². The first kappa shape index (κ1) is 21.4. The summed E-state index contributed by atoms with van der Waals surface area (Å²) in [5, 5.41) is 8.75. The van der Waals surface area contributed by atoms with Crippen LogP contribution in [0, 0.1) is 5.41 Å². The second kappa shape index (κ2) is 11.1. The number of aromatic nitrogens is 2. The van der Waals surface area contributed by atoms with Crippen LogP contribution in [-0.2, 0) is 16.0 Å². The molecule has 8 heteroatoms. The minimum atomic E-state index is -0.410. The molecule has 1 aromatic heterocycles. The Hall–Kier alpha value is -2.64. The minimum Gasteiger partial charge on any atom is -0.390 e. The molecule has 0 radical (unpaired) electrons. The van der Waals surface area contributed by atoms with E-state index in [2.05, 4.69) is 37.6 Å². The second-order valence-corrected chi connectivity index (χ2v) is 6.88. The predicted molar refractivity (Wildman–Crippen MR) is 103 cm³/mol.